The topological polar surface area (TPSA) is 0 Å². The second-order valence-electron chi connectivity index (χ2n) is 2.06. The zero-order valence-corrected chi connectivity index (χ0v) is 11.4. The van der Waals surface area contributed by atoms with E-state index in [4.69, 9.17) is 0 Å². The van der Waals surface area contributed by atoms with Crippen LogP contribution in [-0.2, 0) is 25.8 Å². The summed E-state index contributed by atoms with van der Waals surface area (Å²) in [6, 6.07) is 0. The van der Waals surface area contributed by atoms with E-state index in [1.807, 2.05) is 0 Å². The van der Waals surface area contributed by atoms with Crippen molar-refractivity contribution in [3.05, 3.63) is 38.7 Å². The van der Waals surface area contributed by atoms with Gasteiger partial charge in [-0.05, 0) is 0 Å². The van der Waals surface area contributed by atoms with Crippen molar-refractivity contribution in [2.24, 2.45) is 0 Å². The minimum Gasteiger partial charge on any atom is -0.358 e. The molecule has 0 fully saturated rings. The fourth-order valence-corrected chi connectivity index (χ4v) is 0.891. The predicted molar refractivity (Wildman–Crippen MR) is 48.2 cm³/mol. The summed E-state index contributed by atoms with van der Waals surface area (Å²) in [5.41, 5.74) is 1.40. The van der Waals surface area contributed by atoms with Gasteiger partial charge in [-0.1, -0.05) is 19.8 Å². The van der Waals surface area contributed by atoms with E-state index in [0.29, 0.717) is 0 Å². The van der Waals surface area contributed by atoms with Crippen molar-refractivity contribution in [3.8, 4) is 0 Å². The molecule has 0 amide bonds. The van der Waals surface area contributed by atoms with Crippen molar-refractivity contribution in [1.82, 2.24) is 0 Å². The van der Waals surface area contributed by atoms with Crippen LogP contribution in [0.1, 0.15) is 26.2 Å². The van der Waals surface area contributed by atoms with E-state index in [0.717, 1.165) is 6.42 Å². The molecule has 0 aromatic carbocycles. The summed E-state index contributed by atoms with van der Waals surface area (Å²) in [4.78, 5) is 0. The van der Waals surface area contributed by atoms with Gasteiger partial charge in [-0.2, -0.15) is 6.08 Å². The van der Waals surface area contributed by atoms with Crippen LogP contribution >= 0.6 is 0 Å². The molecule has 1 rings (SSSR count). The zero-order valence-electron chi connectivity index (χ0n) is 7.78. The minimum absolute atomic E-state index is 0. The Kier molecular flexibility index (Phi) is 16.4. The number of rotatable bonds is 2. The van der Waals surface area contributed by atoms with Crippen LogP contribution in [0.5, 0.6) is 0 Å². The fourth-order valence-electron chi connectivity index (χ4n) is 0.891. The number of allylic oxidation sites excluding steroid dienone is 4. The number of hydrogen-bond donors (Lipinski definition) is 0. The Morgan fingerprint density at radius 3 is 2.45 bits per heavy atom. The molecule has 0 aliphatic heterocycles. The second kappa shape index (κ2) is 10.4. The molecule has 0 heterocycles. The molecule has 1 aliphatic carbocycles. The summed E-state index contributed by atoms with van der Waals surface area (Å²) in [5, 5.41) is 0. The molecular weight excluding hydrogens is 299 g/mol. The average Bonchev–Trinajstić information content (AvgIpc) is 2.19. The quantitative estimate of drug-likeness (QED) is 0.541. The third kappa shape index (κ3) is 6.74. The molecule has 0 unspecified atom stereocenters. The molecule has 11 heavy (non-hydrogen) atoms. The third-order valence-electron chi connectivity index (χ3n) is 1.29. The van der Waals surface area contributed by atoms with E-state index in [1.54, 1.807) is 0 Å². The Labute approximate surface area is 90.6 Å². The molecule has 0 aromatic heterocycles. The Bertz CT molecular complexity index is 123. The molecule has 0 bridgehead atoms. The van der Waals surface area contributed by atoms with Gasteiger partial charge in [-0.25, -0.2) is 11.6 Å². The molecule has 0 aromatic rings. The predicted octanol–water partition coefficient (Wildman–Crippen LogP) is 3.37. The van der Waals surface area contributed by atoms with Crippen LogP contribution in [0.3, 0.4) is 0 Å². The molecule has 0 saturated heterocycles. The Morgan fingerprint density at radius 2 is 2.09 bits per heavy atom. The van der Waals surface area contributed by atoms with Gasteiger partial charge in [-0.3, -0.25) is 6.08 Å². The summed E-state index contributed by atoms with van der Waals surface area (Å²) < 4.78 is 0. The molecule has 1 heteroatoms. The first-order valence-corrected chi connectivity index (χ1v) is 3.19. The minimum atomic E-state index is 0. The Hall–Kier alpha value is 0.350. The van der Waals surface area contributed by atoms with Gasteiger partial charge in [0.1, 0.15) is 0 Å². The molecule has 0 spiro atoms. The first-order valence-electron chi connectivity index (χ1n) is 3.19. The number of hydrogen-bond acceptors (Lipinski definition) is 0. The van der Waals surface area contributed by atoms with Crippen molar-refractivity contribution in [1.29, 1.82) is 0 Å². The summed E-state index contributed by atoms with van der Waals surface area (Å²) in [5.74, 6) is 0. The van der Waals surface area contributed by atoms with Crippen LogP contribution in [0.15, 0.2) is 17.7 Å². The van der Waals surface area contributed by atoms with Crippen molar-refractivity contribution < 1.29 is 25.8 Å². The van der Waals surface area contributed by atoms with E-state index >= 15 is 0 Å². The third-order valence-corrected chi connectivity index (χ3v) is 1.29. The van der Waals surface area contributed by atoms with Crippen LogP contribution in [-0.4, -0.2) is 0 Å². The van der Waals surface area contributed by atoms with Crippen LogP contribution < -0.4 is 0 Å². The second-order valence-corrected chi connectivity index (χ2v) is 2.06. The fraction of sp³-hybridized carbons (Fsp3) is 0.400. The normalized spacial score (nSPS) is 12.3. The summed E-state index contributed by atoms with van der Waals surface area (Å²) in [6.45, 7) is 2.20. The molecule has 64 valence electrons. The molecular formula is C10H17Hf-3. The molecule has 0 atom stereocenters. The van der Waals surface area contributed by atoms with E-state index in [1.165, 1.54) is 18.4 Å². The van der Waals surface area contributed by atoms with Gasteiger partial charge in [0.25, 0.3) is 0 Å². The van der Waals surface area contributed by atoms with Crippen molar-refractivity contribution in [2.75, 3.05) is 0 Å². The maximum absolute atomic E-state index is 3.26. The monoisotopic (exact) mass is 317 g/mol. The maximum atomic E-state index is 3.26. The smallest absolute Gasteiger partial charge is 0 e. The maximum Gasteiger partial charge on any atom is 0 e. The van der Waals surface area contributed by atoms with Crippen LogP contribution in [0.4, 0.5) is 0 Å². The standard InChI is InChI=1S/C8H11.2CH3.Hf/c1-2-5-8-6-3-4-7-8;;;/h3,6H,2,4-5H2,1H3;2*1H3;/q3*-1;. The van der Waals surface area contributed by atoms with Gasteiger partial charge in [0.2, 0.25) is 0 Å². The van der Waals surface area contributed by atoms with Crippen LogP contribution in [0.2, 0.25) is 0 Å². The van der Waals surface area contributed by atoms with Crippen molar-refractivity contribution in [3.63, 3.8) is 0 Å². The summed E-state index contributed by atoms with van der Waals surface area (Å²) >= 11 is 0. The van der Waals surface area contributed by atoms with Gasteiger partial charge in [0.15, 0.2) is 0 Å². The molecule has 0 radical (unpaired) electrons. The van der Waals surface area contributed by atoms with Gasteiger partial charge >= 0.3 is 0 Å². The zero-order chi connectivity index (χ0) is 5.82. The van der Waals surface area contributed by atoms with Gasteiger partial charge in [0, 0.05) is 25.8 Å². The van der Waals surface area contributed by atoms with E-state index in [9.17, 15) is 0 Å². The molecule has 0 saturated carbocycles. The van der Waals surface area contributed by atoms with Crippen LogP contribution in [0.25, 0.3) is 0 Å². The van der Waals surface area contributed by atoms with E-state index in [-0.39, 0.29) is 40.7 Å². The van der Waals surface area contributed by atoms with Crippen molar-refractivity contribution in [2.45, 2.75) is 26.2 Å². The van der Waals surface area contributed by atoms with E-state index < -0.39 is 0 Å². The van der Waals surface area contributed by atoms with E-state index in [2.05, 4.69) is 25.2 Å². The molecule has 0 nitrogen and oxygen atoms in total. The summed E-state index contributed by atoms with van der Waals surface area (Å²) in [6.07, 6.45) is 11.1. The SMILES string of the molecule is CCCC1=[C-]CC=C1.[CH3-].[CH3-].[Hf]. The first-order chi connectivity index (χ1) is 3.93. The Balaban J connectivity index is -0.000000213. The molecule has 0 N–H and O–H groups in total. The van der Waals surface area contributed by atoms with Gasteiger partial charge < -0.3 is 14.9 Å². The Morgan fingerprint density at radius 1 is 1.45 bits per heavy atom. The average molecular weight is 316 g/mol. The molecule has 1 aliphatic rings. The largest absolute Gasteiger partial charge is 0.358 e. The van der Waals surface area contributed by atoms with Crippen LogP contribution in [0, 0.1) is 20.9 Å². The first kappa shape index (κ1) is 17.4. The van der Waals surface area contributed by atoms with Crippen molar-refractivity contribution >= 4 is 0 Å². The van der Waals surface area contributed by atoms with Gasteiger partial charge in [-0.15, -0.1) is 6.42 Å². The van der Waals surface area contributed by atoms with Gasteiger partial charge in [0.05, 0.1) is 0 Å². The summed E-state index contributed by atoms with van der Waals surface area (Å²) in [7, 11) is 0.